The van der Waals surface area contributed by atoms with Crippen molar-refractivity contribution in [3.63, 3.8) is 0 Å². The SMILES string of the molecule is CCC(C)C(CCN1CC(F)C1)C(C(=O)N[C@@H](C)C(=O)O)n1ncccc1=O. The lowest BCUT2D eigenvalue weighted by Gasteiger charge is -2.37. The van der Waals surface area contributed by atoms with Crippen LogP contribution in [0.1, 0.15) is 39.7 Å². The molecule has 28 heavy (non-hydrogen) atoms. The third-order valence-electron chi connectivity index (χ3n) is 5.47. The van der Waals surface area contributed by atoms with Crippen molar-refractivity contribution in [3.8, 4) is 0 Å². The Balaban J connectivity index is 2.31. The molecule has 0 saturated carbocycles. The molecule has 2 N–H and O–H groups in total. The Morgan fingerprint density at radius 2 is 2.07 bits per heavy atom. The second-order valence-corrected chi connectivity index (χ2v) is 7.51. The number of rotatable bonds is 10. The highest BCUT2D eigenvalue weighted by Gasteiger charge is 2.37. The lowest BCUT2D eigenvalue weighted by Crippen LogP contribution is -2.51. The van der Waals surface area contributed by atoms with Crippen molar-refractivity contribution in [2.24, 2.45) is 11.8 Å². The number of likely N-dealkylation sites (tertiary alicyclic amines) is 1. The summed E-state index contributed by atoms with van der Waals surface area (Å²) in [6, 6.07) is 0.792. The van der Waals surface area contributed by atoms with Gasteiger partial charge in [0, 0.05) is 25.4 Å². The van der Waals surface area contributed by atoms with Crippen molar-refractivity contribution in [2.75, 3.05) is 19.6 Å². The number of amides is 1. The first kappa shape index (κ1) is 22.0. The van der Waals surface area contributed by atoms with Gasteiger partial charge in [-0.05, 0) is 37.8 Å². The van der Waals surface area contributed by atoms with Crippen LogP contribution in [-0.2, 0) is 9.59 Å². The quantitative estimate of drug-likeness (QED) is 0.613. The molecule has 3 unspecified atom stereocenters. The highest BCUT2D eigenvalue weighted by Crippen LogP contribution is 2.31. The zero-order chi connectivity index (χ0) is 20.8. The van der Waals surface area contributed by atoms with Gasteiger partial charge in [0.2, 0.25) is 5.91 Å². The standard InChI is InChI=1S/C19H29FN4O4/c1-4-12(2)15(7-9-23-10-14(20)11-23)17(18(26)22-13(3)19(27)28)24-16(25)6-5-8-21-24/h5-6,8,12-15,17H,4,7,9-11H2,1-3H3,(H,22,26)(H,27,28)/t12?,13-,15?,17?/m0/s1. The number of hydrogen-bond donors (Lipinski definition) is 2. The van der Waals surface area contributed by atoms with Crippen LogP contribution in [0.15, 0.2) is 23.1 Å². The normalized spacial score (nSPS) is 19.3. The van der Waals surface area contributed by atoms with E-state index in [1.807, 2.05) is 18.7 Å². The third kappa shape index (κ3) is 5.37. The van der Waals surface area contributed by atoms with Gasteiger partial charge < -0.3 is 10.4 Å². The van der Waals surface area contributed by atoms with Crippen molar-refractivity contribution < 1.29 is 19.1 Å². The average molecular weight is 396 g/mol. The van der Waals surface area contributed by atoms with E-state index in [0.717, 1.165) is 11.1 Å². The van der Waals surface area contributed by atoms with Gasteiger partial charge in [0.1, 0.15) is 18.3 Å². The molecule has 0 aliphatic carbocycles. The molecule has 0 radical (unpaired) electrons. The van der Waals surface area contributed by atoms with Gasteiger partial charge in [-0.15, -0.1) is 0 Å². The van der Waals surface area contributed by atoms with Crippen LogP contribution in [0.4, 0.5) is 4.39 Å². The van der Waals surface area contributed by atoms with Crippen molar-refractivity contribution in [3.05, 3.63) is 28.7 Å². The topological polar surface area (TPSA) is 105 Å². The predicted molar refractivity (Wildman–Crippen MR) is 102 cm³/mol. The Kier molecular flexibility index (Phi) is 7.68. The van der Waals surface area contributed by atoms with Crippen LogP contribution in [0.3, 0.4) is 0 Å². The molecule has 0 aromatic carbocycles. The molecule has 2 heterocycles. The number of carboxylic acids is 1. The van der Waals surface area contributed by atoms with Crippen molar-refractivity contribution in [1.29, 1.82) is 0 Å². The molecule has 1 saturated heterocycles. The molecular formula is C19H29FN4O4. The number of hydrogen-bond acceptors (Lipinski definition) is 5. The van der Waals surface area contributed by atoms with Crippen molar-refractivity contribution in [1.82, 2.24) is 20.0 Å². The summed E-state index contributed by atoms with van der Waals surface area (Å²) in [7, 11) is 0. The smallest absolute Gasteiger partial charge is 0.325 e. The Bertz CT molecular complexity index is 735. The van der Waals surface area contributed by atoms with Crippen LogP contribution in [0.2, 0.25) is 0 Å². The zero-order valence-electron chi connectivity index (χ0n) is 16.5. The summed E-state index contributed by atoms with van der Waals surface area (Å²) in [5.41, 5.74) is -0.424. The highest BCUT2D eigenvalue weighted by atomic mass is 19.1. The number of halogens is 1. The number of aliphatic carboxylic acids is 1. The predicted octanol–water partition coefficient (Wildman–Crippen LogP) is 1.08. The molecule has 1 fully saturated rings. The number of nitrogens with zero attached hydrogens (tertiary/aromatic N) is 3. The molecule has 1 aliphatic heterocycles. The van der Waals surface area contributed by atoms with Crippen LogP contribution in [-0.4, -0.2) is 63.5 Å². The maximum Gasteiger partial charge on any atom is 0.325 e. The molecule has 9 heteroatoms. The van der Waals surface area contributed by atoms with Crippen LogP contribution in [0.25, 0.3) is 0 Å². The summed E-state index contributed by atoms with van der Waals surface area (Å²) < 4.78 is 14.3. The van der Waals surface area contributed by atoms with Gasteiger partial charge in [0.05, 0.1) is 0 Å². The molecule has 0 bridgehead atoms. The summed E-state index contributed by atoms with van der Waals surface area (Å²) in [6.07, 6.45) is 1.97. The van der Waals surface area contributed by atoms with Gasteiger partial charge >= 0.3 is 5.97 Å². The number of aromatic nitrogens is 2. The van der Waals surface area contributed by atoms with Crippen LogP contribution < -0.4 is 10.9 Å². The van der Waals surface area contributed by atoms with E-state index in [9.17, 15) is 18.8 Å². The monoisotopic (exact) mass is 396 g/mol. The first-order chi connectivity index (χ1) is 13.2. The molecule has 156 valence electrons. The molecular weight excluding hydrogens is 367 g/mol. The van der Waals surface area contributed by atoms with E-state index >= 15 is 0 Å². The van der Waals surface area contributed by atoms with Gasteiger partial charge in [-0.1, -0.05) is 20.3 Å². The van der Waals surface area contributed by atoms with E-state index in [1.165, 1.54) is 25.3 Å². The average Bonchev–Trinajstić information content (AvgIpc) is 2.63. The maximum absolute atomic E-state index is 13.1. The van der Waals surface area contributed by atoms with Gasteiger partial charge in [-0.3, -0.25) is 19.3 Å². The summed E-state index contributed by atoms with van der Waals surface area (Å²) >= 11 is 0. The number of carboxylic acid groups (broad SMARTS) is 1. The Morgan fingerprint density at radius 3 is 2.61 bits per heavy atom. The summed E-state index contributed by atoms with van der Waals surface area (Å²) in [6.45, 7) is 6.73. The molecule has 4 atom stereocenters. The highest BCUT2D eigenvalue weighted by molar-refractivity contribution is 5.85. The summed E-state index contributed by atoms with van der Waals surface area (Å²) in [5.74, 6) is -1.88. The number of carbonyl (C=O) groups is 2. The minimum Gasteiger partial charge on any atom is -0.480 e. The van der Waals surface area contributed by atoms with Crippen LogP contribution in [0.5, 0.6) is 0 Å². The van der Waals surface area contributed by atoms with Gasteiger partial charge in [-0.2, -0.15) is 5.10 Å². The number of carbonyl (C=O) groups excluding carboxylic acids is 1. The van der Waals surface area contributed by atoms with Crippen LogP contribution >= 0.6 is 0 Å². The van der Waals surface area contributed by atoms with Gasteiger partial charge in [0.25, 0.3) is 5.56 Å². The van der Waals surface area contributed by atoms with Crippen molar-refractivity contribution >= 4 is 11.9 Å². The minimum atomic E-state index is -1.16. The van der Waals surface area contributed by atoms with E-state index in [1.54, 1.807) is 0 Å². The van der Waals surface area contributed by atoms with E-state index < -0.39 is 35.7 Å². The van der Waals surface area contributed by atoms with E-state index in [2.05, 4.69) is 10.4 Å². The lowest BCUT2D eigenvalue weighted by molar-refractivity contribution is -0.142. The second kappa shape index (κ2) is 9.77. The van der Waals surface area contributed by atoms with E-state index in [-0.39, 0.29) is 11.8 Å². The van der Waals surface area contributed by atoms with E-state index in [0.29, 0.717) is 26.1 Å². The molecule has 1 aliphatic rings. The first-order valence-corrected chi connectivity index (χ1v) is 9.68. The Morgan fingerprint density at radius 1 is 1.39 bits per heavy atom. The molecule has 1 aromatic rings. The Labute approximate surface area is 163 Å². The maximum atomic E-state index is 13.1. The van der Waals surface area contributed by atoms with Gasteiger partial charge in [-0.25, -0.2) is 9.07 Å². The molecule has 2 rings (SSSR count). The lowest BCUT2D eigenvalue weighted by atomic mass is 9.82. The third-order valence-corrected chi connectivity index (χ3v) is 5.47. The van der Waals surface area contributed by atoms with Crippen LogP contribution in [0, 0.1) is 11.8 Å². The summed E-state index contributed by atoms with van der Waals surface area (Å²) in [5, 5.41) is 15.7. The fourth-order valence-corrected chi connectivity index (χ4v) is 3.50. The zero-order valence-corrected chi connectivity index (χ0v) is 16.5. The van der Waals surface area contributed by atoms with E-state index in [4.69, 9.17) is 5.11 Å². The summed E-state index contributed by atoms with van der Waals surface area (Å²) in [4.78, 5) is 38.5. The minimum absolute atomic E-state index is 0.0761. The first-order valence-electron chi connectivity index (χ1n) is 9.68. The number of nitrogens with one attached hydrogen (secondary N) is 1. The molecule has 8 nitrogen and oxygen atoms in total. The molecule has 1 aromatic heterocycles. The number of alkyl halides is 1. The molecule has 0 spiro atoms. The molecule has 1 amide bonds. The largest absolute Gasteiger partial charge is 0.480 e. The van der Waals surface area contributed by atoms with Gasteiger partial charge in [0.15, 0.2) is 0 Å². The fraction of sp³-hybridized carbons (Fsp3) is 0.684. The van der Waals surface area contributed by atoms with Crippen molar-refractivity contribution in [2.45, 2.75) is 51.9 Å². The second-order valence-electron chi connectivity index (χ2n) is 7.51. The Hall–Kier alpha value is -2.29. The fourth-order valence-electron chi connectivity index (χ4n) is 3.50.